The van der Waals surface area contributed by atoms with Crippen molar-refractivity contribution in [3.63, 3.8) is 0 Å². The summed E-state index contributed by atoms with van der Waals surface area (Å²) < 4.78 is 7.47. The Labute approximate surface area is 140 Å². The van der Waals surface area contributed by atoms with Crippen molar-refractivity contribution >= 4 is 23.2 Å². The highest BCUT2D eigenvalue weighted by Crippen LogP contribution is 2.27. The maximum absolute atomic E-state index is 10.1. The van der Waals surface area contributed by atoms with Crippen LogP contribution in [-0.4, -0.2) is 45.9 Å². The van der Waals surface area contributed by atoms with Gasteiger partial charge in [0.25, 0.3) is 0 Å². The van der Waals surface area contributed by atoms with Crippen LogP contribution in [0.15, 0.2) is 30.6 Å². The molecule has 0 spiro atoms. The van der Waals surface area contributed by atoms with Crippen LogP contribution in [0.5, 0.6) is 5.75 Å². The third-order valence-corrected chi connectivity index (χ3v) is 3.73. The quantitative estimate of drug-likeness (QED) is 0.839. The molecule has 7 heteroatoms. The van der Waals surface area contributed by atoms with Gasteiger partial charge in [-0.05, 0) is 19.2 Å². The van der Waals surface area contributed by atoms with Crippen LogP contribution in [0.1, 0.15) is 5.82 Å². The predicted molar refractivity (Wildman–Crippen MR) is 87.5 cm³/mol. The molecule has 1 N–H and O–H groups in total. The SMILES string of the molecule is CN(Cc1nccn1C)CC(O)COc1cc(Cl)ccc1Cl. The highest BCUT2D eigenvalue weighted by molar-refractivity contribution is 6.34. The van der Waals surface area contributed by atoms with Crippen LogP contribution < -0.4 is 4.74 Å². The summed E-state index contributed by atoms with van der Waals surface area (Å²) in [7, 11) is 3.86. The number of hydrogen-bond acceptors (Lipinski definition) is 4. The third-order valence-electron chi connectivity index (χ3n) is 3.18. The summed E-state index contributed by atoms with van der Waals surface area (Å²) in [5, 5.41) is 11.1. The number of hydrogen-bond donors (Lipinski definition) is 1. The lowest BCUT2D eigenvalue weighted by Gasteiger charge is -2.20. The molecule has 1 aromatic carbocycles. The van der Waals surface area contributed by atoms with Crippen LogP contribution in [0.2, 0.25) is 10.0 Å². The molecule has 1 atom stereocenters. The summed E-state index contributed by atoms with van der Waals surface area (Å²) in [5.41, 5.74) is 0. The van der Waals surface area contributed by atoms with Crippen LogP contribution in [0, 0.1) is 0 Å². The number of halogens is 2. The first-order chi connectivity index (χ1) is 10.5. The van der Waals surface area contributed by atoms with Gasteiger partial charge in [0.2, 0.25) is 0 Å². The van der Waals surface area contributed by atoms with E-state index in [2.05, 4.69) is 4.98 Å². The van der Waals surface area contributed by atoms with E-state index in [0.717, 1.165) is 5.82 Å². The first kappa shape index (κ1) is 17.1. The number of aliphatic hydroxyl groups is 1. The van der Waals surface area contributed by atoms with E-state index in [-0.39, 0.29) is 6.61 Å². The number of aryl methyl sites for hydroxylation is 1. The zero-order valence-corrected chi connectivity index (χ0v) is 14.1. The standard InChI is InChI=1S/C15H19Cl2N3O2/c1-19(9-15-18-5-6-20(15)2)8-12(21)10-22-14-7-11(16)3-4-13(14)17/h3-7,12,21H,8-10H2,1-2H3. The number of rotatable bonds is 7. The van der Waals surface area contributed by atoms with E-state index < -0.39 is 6.10 Å². The van der Waals surface area contributed by atoms with Crippen LogP contribution in [0.3, 0.4) is 0 Å². The van der Waals surface area contributed by atoms with Crippen molar-refractivity contribution in [3.8, 4) is 5.75 Å². The Morgan fingerprint density at radius 2 is 2.18 bits per heavy atom. The molecule has 2 rings (SSSR count). The third kappa shape index (κ3) is 4.88. The van der Waals surface area contributed by atoms with Gasteiger partial charge in [-0.25, -0.2) is 4.98 Å². The Morgan fingerprint density at radius 3 is 2.86 bits per heavy atom. The molecule has 0 amide bonds. The molecular formula is C15H19Cl2N3O2. The van der Waals surface area contributed by atoms with Gasteiger partial charge < -0.3 is 14.4 Å². The zero-order chi connectivity index (χ0) is 16.1. The maximum atomic E-state index is 10.1. The van der Waals surface area contributed by atoms with Gasteiger partial charge in [-0.1, -0.05) is 23.2 Å². The summed E-state index contributed by atoms with van der Waals surface area (Å²) in [6.07, 6.45) is 3.01. The number of aromatic nitrogens is 2. The van der Waals surface area contributed by atoms with Gasteiger partial charge in [-0.15, -0.1) is 0 Å². The monoisotopic (exact) mass is 343 g/mol. The Hall–Kier alpha value is -1.27. The molecule has 2 aromatic rings. The highest BCUT2D eigenvalue weighted by atomic mass is 35.5. The number of aliphatic hydroxyl groups excluding tert-OH is 1. The first-order valence-corrected chi connectivity index (χ1v) is 7.62. The van der Waals surface area contributed by atoms with E-state index in [1.54, 1.807) is 24.4 Å². The molecule has 0 fully saturated rings. The van der Waals surface area contributed by atoms with Gasteiger partial charge in [0.15, 0.2) is 0 Å². The molecule has 0 aliphatic rings. The van der Waals surface area contributed by atoms with Crippen molar-refractivity contribution in [2.45, 2.75) is 12.6 Å². The van der Waals surface area contributed by atoms with Gasteiger partial charge in [0.1, 0.15) is 24.3 Å². The summed E-state index contributed by atoms with van der Waals surface area (Å²) in [5.74, 6) is 1.41. The number of nitrogens with zero attached hydrogens (tertiary/aromatic N) is 3. The Bertz CT molecular complexity index is 619. The minimum atomic E-state index is -0.639. The zero-order valence-electron chi connectivity index (χ0n) is 12.5. The van der Waals surface area contributed by atoms with Gasteiger partial charge in [-0.2, -0.15) is 0 Å². The van der Waals surface area contributed by atoms with Crippen LogP contribution in [-0.2, 0) is 13.6 Å². The number of ether oxygens (including phenoxy) is 1. The average Bonchev–Trinajstić information content (AvgIpc) is 2.85. The number of imidazole rings is 1. The second-order valence-corrected chi connectivity index (χ2v) is 6.03. The molecule has 1 aromatic heterocycles. The first-order valence-electron chi connectivity index (χ1n) is 6.86. The summed E-state index contributed by atoms with van der Waals surface area (Å²) in [6.45, 7) is 1.26. The molecule has 0 aliphatic carbocycles. The van der Waals surface area contributed by atoms with Crippen molar-refractivity contribution in [1.29, 1.82) is 0 Å². The lowest BCUT2D eigenvalue weighted by molar-refractivity contribution is 0.0735. The smallest absolute Gasteiger partial charge is 0.139 e. The van der Waals surface area contributed by atoms with Gasteiger partial charge in [0.05, 0.1) is 11.6 Å². The van der Waals surface area contributed by atoms with Gasteiger partial charge >= 0.3 is 0 Å². The Morgan fingerprint density at radius 1 is 1.41 bits per heavy atom. The summed E-state index contributed by atoms with van der Waals surface area (Å²) in [4.78, 5) is 6.24. The maximum Gasteiger partial charge on any atom is 0.139 e. The van der Waals surface area contributed by atoms with Crippen LogP contribution in [0.4, 0.5) is 0 Å². The molecular weight excluding hydrogens is 325 g/mol. The van der Waals surface area contributed by atoms with Crippen LogP contribution in [0.25, 0.3) is 0 Å². The molecule has 0 bridgehead atoms. The van der Waals surface area contributed by atoms with E-state index >= 15 is 0 Å². The normalized spacial score (nSPS) is 12.6. The molecule has 1 unspecified atom stereocenters. The fraction of sp³-hybridized carbons (Fsp3) is 0.400. The van der Waals surface area contributed by atoms with E-state index in [1.165, 1.54) is 0 Å². The molecule has 0 aliphatic heterocycles. The Balaban J connectivity index is 1.81. The van der Waals surface area contributed by atoms with Gasteiger partial charge in [-0.3, -0.25) is 4.90 Å². The lowest BCUT2D eigenvalue weighted by Crippen LogP contribution is -2.33. The molecule has 0 saturated carbocycles. The number of likely N-dealkylation sites (N-methyl/N-ethyl adjacent to an activating group) is 1. The summed E-state index contributed by atoms with van der Waals surface area (Å²) in [6, 6.07) is 4.99. The van der Waals surface area contributed by atoms with Crippen molar-refractivity contribution < 1.29 is 9.84 Å². The van der Waals surface area contributed by atoms with E-state index in [4.69, 9.17) is 27.9 Å². The van der Waals surface area contributed by atoms with E-state index in [0.29, 0.717) is 28.9 Å². The lowest BCUT2D eigenvalue weighted by atomic mass is 10.3. The van der Waals surface area contributed by atoms with Crippen molar-refractivity contribution in [2.24, 2.45) is 7.05 Å². The second-order valence-electron chi connectivity index (χ2n) is 5.19. The fourth-order valence-corrected chi connectivity index (χ4v) is 2.38. The van der Waals surface area contributed by atoms with E-state index in [9.17, 15) is 5.11 Å². The molecule has 0 radical (unpaired) electrons. The average molecular weight is 344 g/mol. The molecule has 5 nitrogen and oxygen atoms in total. The predicted octanol–water partition coefficient (Wildman–Crippen LogP) is 2.60. The van der Waals surface area contributed by atoms with Gasteiger partial charge in [0, 0.05) is 37.1 Å². The van der Waals surface area contributed by atoms with Crippen LogP contribution >= 0.6 is 23.2 Å². The van der Waals surface area contributed by atoms with E-state index in [1.807, 2.05) is 29.8 Å². The fourth-order valence-electron chi connectivity index (χ4n) is 2.04. The molecule has 120 valence electrons. The molecule has 0 saturated heterocycles. The molecule has 1 heterocycles. The van der Waals surface area contributed by atoms with Crippen molar-refractivity contribution in [3.05, 3.63) is 46.5 Å². The second kappa shape index (κ2) is 7.83. The topological polar surface area (TPSA) is 50.5 Å². The van der Waals surface area contributed by atoms with Crippen molar-refractivity contribution in [2.75, 3.05) is 20.2 Å². The van der Waals surface area contributed by atoms with Crippen molar-refractivity contribution in [1.82, 2.24) is 14.5 Å². The largest absolute Gasteiger partial charge is 0.489 e. The minimum absolute atomic E-state index is 0.144. The summed E-state index contributed by atoms with van der Waals surface area (Å²) >= 11 is 11.9. The highest BCUT2D eigenvalue weighted by Gasteiger charge is 2.12. The number of benzene rings is 1. The minimum Gasteiger partial charge on any atom is -0.489 e. The molecule has 22 heavy (non-hydrogen) atoms. The Kier molecular flexibility index (Phi) is 6.08.